The Morgan fingerprint density at radius 1 is 0.558 bits per heavy atom. The Morgan fingerprint density at radius 3 is 1.63 bits per heavy atom. The number of rotatable bonds is 38. The second-order valence-corrected chi connectivity index (χ2v) is 21.2. The molecule has 29 nitrogen and oxygen atoms in total. The Hall–Kier alpha value is -8.64. The van der Waals surface area contributed by atoms with E-state index in [1.807, 2.05) is 6.07 Å². The molecule has 0 aliphatic carbocycles. The van der Waals surface area contributed by atoms with Gasteiger partial charge in [0.05, 0.1) is 12.6 Å². The second-order valence-electron chi connectivity index (χ2n) is 20.8. The standard InChI is InChI=1S/C56H83N15O14S/c1-6-29(2)46(56(85)67-37(18-12-13-23-57)51(80)65-38(19-21-43(59)72)52(81)66-39(20-22-45(74)75)53(82)68-40(47(60)76)24-33-14-8-7-9-15-33)71-44(73)27-62-49(78)31(4)63-54(83)41(25-34-26-61-36-17-11-10-16-35(34)36)69-50(79)32(5)64-55(84)42(28-86)70-48(77)30(3)58/h7-11,14-17,26,29-32,37-42,46,61,86H,6,12-13,18-25,27-28,57-58H2,1-5H3,(H2,59,72)(H2,60,76)(H,62,78)(H,63,83)(H,64,84)(H,65,80)(H,66,81)(H,67,85)(H,68,82)(H,69,79)(H,70,77)(H,71,73)(H,74,75)/t29-,30-,31-,32-,37-,38-,39-,40-,41-,42-,46-/m0/s1. The van der Waals surface area contributed by atoms with Gasteiger partial charge in [-0.05, 0) is 82.5 Å². The van der Waals surface area contributed by atoms with E-state index in [9.17, 15) is 67.4 Å². The summed E-state index contributed by atoms with van der Waals surface area (Å²) in [5, 5.41) is 35.3. The fraction of sp³-hybridized carbons (Fsp3) is 0.518. The number of para-hydroxylation sites is 1. The number of H-pyrrole nitrogens is 1. The van der Waals surface area contributed by atoms with Crippen LogP contribution >= 0.6 is 12.6 Å². The van der Waals surface area contributed by atoms with Crippen LogP contribution < -0.4 is 76.1 Å². The Balaban J connectivity index is 1.76. The predicted octanol–water partition coefficient (Wildman–Crippen LogP) is -3.46. The van der Waals surface area contributed by atoms with Gasteiger partial charge < -0.3 is 86.2 Å². The van der Waals surface area contributed by atoms with E-state index >= 15 is 0 Å². The number of nitrogens with one attached hydrogen (secondary N) is 11. The van der Waals surface area contributed by atoms with Crippen LogP contribution in [0.5, 0.6) is 0 Å². The summed E-state index contributed by atoms with van der Waals surface area (Å²) in [7, 11) is 0. The summed E-state index contributed by atoms with van der Waals surface area (Å²) in [5.74, 6) is -12.3. The molecular weight excluding hydrogens is 1140 g/mol. The third kappa shape index (κ3) is 24.1. The van der Waals surface area contributed by atoms with Crippen LogP contribution in [0.15, 0.2) is 60.8 Å². The van der Waals surface area contributed by atoms with E-state index in [4.69, 9.17) is 22.9 Å². The molecule has 0 aliphatic heterocycles. The summed E-state index contributed by atoms with van der Waals surface area (Å²) < 4.78 is 0. The van der Waals surface area contributed by atoms with Gasteiger partial charge >= 0.3 is 5.97 Å². The van der Waals surface area contributed by atoms with E-state index in [1.54, 1.807) is 68.6 Å². The quantitative estimate of drug-likeness (QED) is 0.0196. The summed E-state index contributed by atoms with van der Waals surface area (Å²) in [5.41, 5.74) is 24.3. The Labute approximate surface area is 503 Å². The van der Waals surface area contributed by atoms with Gasteiger partial charge in [-0.25, -0.2) is 0 Å². The molecule has 472 valence electrons. The van der Waals surface area contributed by atoms with Gasteiger partial charge in [-0.3, -0.25) is 62.3 Å². The number of carboxylic acid groups (broad SMARTS) is 1. The van der Waals surface area contributed by atoms with Crippen molar-refractivity contribution in [1.82, 2.24) is 58.2 Å². The van der Waals surface area contributed by atoms with Gasteiger partial charge in [0.25, 0.3) is 0 Å². The lowest BCUT2D eigenvalue weighted by Crippen LogP contribution is -2.60. The van der Waals surface area contributed by atoms with Crippen LogP contribution in [0.4, 0.5) is 0 Å². The number of aliphatic carboxylic acids is 1. The zero-order chi connectivity index (χ0) is 64.2. The molecule has 3 rings (SSSR count). The lowest BCUT2D eigenvalue weighted by atomic mass is 9.97. The van der Waals surface area contributed by atoms with Crippen molar-refractivity contribution in [3.63, 3.8) is 0 Å². The van der Waals surface area contributed by atoms with Crippen LogP contribution in [0, 0.1) is 5.92 Å². The molecule has 0 bridgehead atoms. The van der Waals surface area contributed by atoms with Crippen molar-refractivity contribution in [3.8, 4) is 0 Å². The van der Waals surface area contributed by atoms with Crippen LogP contribution in [0.25, 0.3) is 10.9 Å². The molecule has 2 aromatic carbocycles. The summed E-state index contributed by atoms with van der Waals surface area (Å²) in [6, 6.07) is 2.54. The highest BCUT2D eigenvalue weighted by Gasteiger charge is 2.35. The van der Waals surface area contributed by atoms with Crippen molar-refractivity contribution < 1.29 is 67.4 Å². The maximum atomic E-state index is 14.2. The second kappa shape index (κ2) is 36.3. The number of aromatic nitrogens is 1. The molecule has 0 saturated heterocycles. The third-order valence-electron chi connectivity index (χ3n) is 13.8. The van der Waals surface area contributed by atoms with E-state index < -0.39 is 175 Å². The zero-order valence-electron chi connectivity index (χ0n) is 48.8. The molecule has 1 heterocycles. The number of carbonyl (C=O) groups is 13. The highest BCUT2D eigenvalue weighted by atomic mass is 32.1. The number of hydrogen-bond donors (Lipinski definition) is 17. The normalized spacial score (nSPS) is 14.9. The van der Waals surface area contributed by atoms with Crippen molar-refractivity contribution in [3.05, 3.63) is 71.9 Å². The minimum absolute atomic E-state index is 0.0402. The zero-order valence-corrected chi connectivity index (χ0v) is 49.7. The largest absolute Gasteiger partial charge is 0.481 e. The number of carboxylic acids is 1. The van der Waals surface area contributed by atoms with Crippen LogP contribution in [-0.2, 0) is 75.2 Å². The van der Waals surface area contributed by atoms with Crippen LogP contribution in [0.2, 0.25) is 0 Å². The molecule has 0 spiro atoms. The molecular formula is C56H83N15O14S. The van der Waals surface area contributed by atoms with E-state index in [-0.39, 0.29) is 38.0 Å². The smallest absolute Gasteiger partial charge is 0.303 e. The highest BCUT2D eigenvalue weighted by Crippen LogP contribution is 2.20. The van der Waals surface area contributed by atoms with Gasteiger partial charge in [-0.15, -0.1) is 0 Å². The fourth-order valence-corrected chi connectivity index (χ4v) is 8.79. The molecule has 0 saturated carbocycles. The number of thiol groups is 1. The lowest BCUT2D eigenvalue weighted by molar-refractivity contribution is -0.138. The van der Waals surface area contributed by atoms with Crippen molar-refractivity contribution in [1.29, 1.82) is 0 Å². The first kappa shape index (κ1) is 71.6. The number of benzene rings is 2. The topological polar surface area (TPSA) is 482 Å². The van der Waals surface area contributed by atoms with Gasteiger partial charge in [0.2, 0.25) is 70.9 Å². The molecule has 3 aromatic rings. The molecule has 86 heavy (non-hydrogen) atoms. The molecule has 11 atom stereocenters. The Bertz CT molecular complexity index is 2860. The lowest BCUT2D eigenvalue weighted by Gasteiger charge is -2.28. The number of nitrogens with two attached hydrogens (primary N) is 4. The first-order valence-corrected chi connectivity index (χ1v) is 28.8. The van der Waals surface area contributed by atoms with Crippen molar-refractivity contribution in [2.75, 3.05) is 18.8 Å². The average Bonchev–Trinajstić information content (AvgIpc) is 3.39. The molecule has 0 fully saturated rings. The molecule has 1 aromatic heterocycles. The van der Waals surface area contributed by atoms with Gasteiger partial charge in [0, 0.05) is 48.5 Å². The van der Waals surface area contributed by atoms with E-state index in [0.717, 1.165) is 10.9 Å². The molecule has 12 amide bonds. The molecule has 20 N–H and O–H groups in total. The van der Waals surface area contributed by atoms with Crippen molar-refractivity contribution in [2.24, 2.45) is 28.9 Å². The van der Waals surface area contributed by atoms with E-state index in [0.29, 0.717) is 24.0 Å². The molecule has 0 radical (unpaired) electrons. The number of carbonyl (C=O) groups excluding carboxylic acids is 12. The van der Waals surface area contributed by atoms with Crippen LogP contribution in [0.3, 0.4) is 0 Å². The number of hydrogen-bond acceptors (Lipinski definition) is 16. The first-order chi connectivity index (χ1) is 40.7. The van der Waals surface area contributed by atoms with Gasteiger partial charge in [0.15, 0.2) is 0 Å². The molecule has 30 heteroatoms. The highest BCUT2D eigenvalue weighted by molar-refractivity contribution is 7.80. The summed E-state index contributed by atoms with van der Waals surface area (Å²) in [6.07, 6.45) is 0.498. The average molecular weight is 1220 g/mol. The number of unbranched alkanes of at least 4 members (excludes halogenated alkanes) is 1. The van der Waals surface area contributed by atoms with E-state index in [2.05, 4.69) is 70.8 Å². The van der Waals surface area contributed by atoms with Crippen molar-refractivity contribution >= 4 is 100 Å². The number of fused-ring (bicyclic) bond motifs is 1. The van der Waals surface area contributed by atoms with Gasteiger partial charge in [-0.1, -0.05) is 68.8 Å². The number of primary amides is 2. The first-order valence-electron chi connectivity index (χ1n) is 28.1. The SMILES string of the molecule is CC[C@H](C)[C@H](NC(=O)CNC(=O)[C@H](C)NC(=O)[C@H](Cc1c[nH]c2ccccc12)NC(=O)[C@H](C)NC(=O)[C@H](CS)NC(=O)[C@H](C)N)C(=O)N[C@@H](CCCCN)C(=O)N[C@@H](CCC(N)=O)C(=O)N[C@@H](CCC(=O)O)C(=O)N[C@@H](Cc1ccccc1)C(N)=O. The van der Waals surface area contributed by atoms with Gasteiger partial charge in [-0.2, -0.15) is 12.6 Å². The minimum Gasteiger partial charge on any atom is -0.481 e. The minimum atomic E-state index is -1.60. The summed E-state index contributed by atoms with van der Waals surface area (Å²) in [6.45, 7) is 6.97. The maximum Gasteiger partial charge on any atom is 0.303 e. The monoisotopic (exact) mass is 1220 g/mol. The molecule has 0 unspecified atom stereocenters. The van der Waals surface area contributed by atoms with Crippen LogP contribution in [0.1, 0.15) is 97.1 Å². The Morgan fingerprint density at radius 2 is 1.07 bits per heavy atom. The third-order valence-corrected chi connectivity index (χ3v) is 14.2. The van der Waals surface area contributed by atoms with E-state index in [1.165, 1.54) is 20.8 Å². The molecule has 0 aliphatic rings. The number of aromatic amines is 1. The van der Waals surface area contributed by atoms with Crippen LogP contribution in [-0.4, -0.2) is 166 Å². The number of amides is 12. The fourth-order valence-electron chi connectivity index (χ4n) is 8.53. The van der Waals surface area contributed by atoms with Gasteiger partial charge in [0.1, 0.15) is 54.4 Å². The maximum absolute atomic E-state index is 14.2. The van der Waals surface area contributed by atoms with Crippen molar-refractivity contribution in [2.45, 2.75) is 159 Å². The summed E-state index contributed by atoms with van der Waals surface area (Å²) in [4.78, 5) is 175. The predicted molar refractivity (Wildman–Crippen MR) is 318 cm³/mol. The Kier molecular flexibility index (Phi) is 30.2. The summed E-state index contributed by atoms with van der Waals surface area (Å²) >= 11 is 4.12.